The van der Waals surface area contributed by atoms with Gasteiger partial charge in [-0.2, -0.15) is 0 Å². The van der Waals surface area contributed by atoms with Crippen LogP contribution in [0.15, 0.2) is 64.2 Å². The highest BCUT2D eigenvalue weighted by atomic mass is 16.5. The summed E-state index contributed by atoms with van der Waals surface area (Å²) in [4.78, 5) is 8.81. The Morgan fingerprint density at radius 1 is 1.14 bits per heavy atom. The summed E-state index contributed by atoms with van der Waals surface area (Å²) in [5.41, 5.74) is 4.25. The molecule has 0 spiro atoms. The lowest BCUT2D eigenvalue weighted by Crippen LogP contribution is -2.42. The SMILES string of the molecule is CN=C(NCc1coc(-c2ccc(C)cc2)n1)NCC1Cc2ccccc2O1. The summed E-state index contributed by atoms with van der Waals surface area (Å²) in [5.74, 6) is 2.31. The first-order chi connectivity index (χ1) is 13.7. The number of aliphatic imine (C=N–C) groups is 1. The van der Waals surface area contributed by atoms with Gasteiger partial charge in [0.2, 0.25) is 5.89 Å². The van der Waals surface area contributed by atoms with Crippen LogP contribution >= 0.6 is 0 Å². The van der Waals surface area contributed by atoms with Crippen LogP contribution in [0, 0.1) is 6.92 Å². The maximum absolute atomic E-state index is 5.95. The van der Waals surface area contributed by atoms with E-state index in [4.69, 9.17) is 9.15 Å². The van der Waals surface area contributed by atoms with Crippen molar-refractivity contribution in [1.82, 2.24) is 15.6 Å². The first kappa shape index (κ1) is 18.1. The Kier molecular flexibility index (Phi) is 5.28. The fourth-order valence-electron chi connectivity index (χ4n) is 3.19. The van der Waals surface area contributed by atoms with Gasteiger partial charge in [0.1, 0.15) is 18.1 Å². The fourth-order valence-corrected chi connectivity index (χ4v) is 3.19. The molecular formula is C22H24N4O2. The molecule has 0 aliphatic carbocycles. The predicted molar refractivity (Wildman–Crippen MR) is 109 cm³/mol. The van der Waals surface area contributed by atoms with Crippen molar-refractivity contribution in [2.24, 2.45) is 4.99 Å². The van der Waals surface area contributed by atoms with Crippen molar-refractivity contribution in [3.05, 3.63) is 71.6 Å². The van der Waals surface area contributed by atoms with Gasteiger partial charge in [-0.15, -0.1) is 0 Å². The number of nitrogens with zero attached hydrogens (tertiary/aromatic N) is 2. The highest BCUT2D eigenvalue weighted by Crippen LogP contribution is 2.27. The number of guanidine groups is 1. The van der Waals surface area contributed by atoms with Gasteiger partial charge in [-0.05, 0) is 30.7 Å². The number of hydrogen-bond donors (Lipinski definition) is 2. The number of fused-ring (bicyclic) bond motifs is 1. The number of rotatable bonds is 5. The van der Waals surface area contributed by atoms with Gasteiger partial charge < -0.3 is 19.8 Å². The Morgan fingerprint density at radius 2 is 1.96 bits per heavy atom. The number of oxazole rings is 1. The molecule has 1 unspecified atom stereocenters. The number of para-hydroxylation sites is 1. The van der Waals surface area contributed by atoms with Gasteiger partial charge in [-0.1, -0.05) is 35.9 Å². The second-order valence-electron chi connectivity index (χ2n) is 6.87. The quantitative estimate of drug-likeness (QED) is 0.528. The zero-order chi connectivity index (χ0) is 19.3. The molecule has 1 aromatic heterocycles. The number of nitrogens with one attached hydrogen (secondary N) is 2. The minimum atomic E-state index is 0.108. The Morgan fingerprint density at radius 3 is 2.75 bits per heavy atom. The van der Waals surface area contributed by atoms with Gasteiger partial charge in [0.05, 0.1) is 18.8 Å². The summed E-state index contributed by atoms with van der Waals surface area (Å²) in [7, 11) is 1.75. The van der Waals surface area contributed by atoms with E-state index in [0.717, 1.165) is 23.4 Å². The van der Waals surface area contributed by atoms with E-state index in [9.17, 15) is 0 Å². The Hall–Kier alpha value is -3.28. The smallest absolute Gasteiger partial charge is 0.226 e. The lowest BCUT2D eigenvalue weighted by atomic mass is 10.1. The van der Waals surface area contributed by atoms with Crippen LogP contribution in [0.4, 0.5) is 0 Å². The third-order valence-electron chi connectivity index (χ3n) is 4.72. The number of hydrogen-bond acceptors (Lipinski definition) is 4. The van der Waals surface area contributed by atoms with Crippen LogP contribution in [0.5, 0.6) is 5.75 Å². The molecule has 0 radical (unpaired) electrons. The Balaban J connectivity index is 1.28. The molecule has 2 heterocycles. The Labute approximate surface area is 164 Å². The van der Waals surface area contributed by atoms with Crippen LogP contribution < -0.4 is 15.4 Å². The van der Waals surface area contributed by atoms with Crippen molar-refractivity contribution in [2.75, 3.05) is 13.6 Å². The zero-order valence-corrected chi connectivity index (χ0v) is 16.1. The molecule has 6 heteroatoms. The molecule has 0 bridgehead atoms. The molecule has 0 fully saturated rings. The number of benzene rings is 2. The van der Waals surface area contributed by atoms with Crippen molar-refractivity contribution in [1.29, 1.82) is 0 Å². The molecule has 1 atom stereocenters. The van der Waals surface area contributed by atoms with Crippen molar-refractivity contribution < 1.29 is 9.15 Å². The maximum Gasteiger partial charge on any atom is 0.226 e. The second kappa shape index (κ2) is 8.17. The molecule has 4 rings (SSSR count). The van der Waals surface area contributed by atoms with Crippen molar-refractivity contribution in [2.45, 2.75) is 26.0 Å². The van der Waals surface area contributed by atoms with Gasteiger partial charge in [0.25, 0.3) is 0 Å². The predicted octanol–water partition coefficient (Wildman–Crippen LogP) is 3.32. The fraction of sp³-hybridized carbons (Fsp3) is 0.273. The molecular weight excluding hydrogens is 352 g/mol. The van der Waals surface area contributed by atoms with E-state index in [2.05, 4.69) is 33.6 Å². The standard InChI is InChI=1S/C22H24N4O2/c1-15-7-9-16(10-8-15)21-26-18(14-27-21)12-24-22(23-2)25-13-19-11-17-5-3-4-6-20(17)28-19/h3-10,14,19H,11-13H2,1-2H3,(H2,23,24,25). The molecule has 144 valence electrons. The highest BCUT2D eigenvalue weighted by Gasteiger charge is 2.22. The van der Waals surface area contributed by atoms with E-state index >= 15 is 0 Å². The van der Waals surface area contributed by atoms with Crippen molar-refractivity contribution in [3.8, 4) is 17.2 Å². The van der Waals surface area contributed by atoms with E-state index in [0.29, 0.717) is 24.9 Å². The van der Waals surface area contributed by atoms with Crippen LogP contribution in [0.25, 0.3) is 11.5 Å². The summed E-state index contributed by atoms with van der Waals surface area (Å²) in [6, 6.07) is 16.3. The monoisotopic (exact) mass is 376 g/mol. The van der Waals surface area contributed by atoms with E-state index in [-0.39, 0.29) is 6.10 Å². The van der Waals surface area contributed by atoms with Crippen molar-refractivity contribution >= 4 is 5.96 Å². The lowest BCUT2D eigenvalue weighted by molar-refractivity contribution is 0.235. The van der Waals surface area contributed by atoms with Gasteiger partial charge in [0.15, 0.2) is 5.96 Å². The molecule has 0 saturated carbocycles. The third kappa shape index (κ3) is 4.17. The van der Waals surface area contributed by atoms with E-state index in [1.807, 2.05) is 42.5 Å². The summed E-state index contributed by atoms with van der Waals surface area (Å²) in [5, 5.41) is 6.58. The average Bonchev–Trinajstić information content (AvgIpc) is 3.35. The summed E-state index contributed by atoms with van der Waals surface area (Å²) in [6.45, 7) is 3.27. The van der Waals surface area contributed by atoms with E-state index in [1.54, 1.807) is 13.3 Å². The lowest BCUT2D eigenvalue weighted by Gasteiger charge is -2.15. The molecule has 2 aromatic carbocycles. The topological polar surface area (TPSA) is 71.7 Å². The van der Waals surface area contributed by atoms with Crippen molar-refractivity contribution in [3.63, 3.8) is 0 Å². The molecule has 1 aliphatic heterocycles. The van der Waals surface area contributed by atoms with Gasteiger partial charge >= 0.3 is 0 Å². The van der Waals surface area contributed by atoms with Crippen LogP contribution in [-0.4, -0.2) is 30.6 Å². The largest absolute Gasteiger partial charge is 0.488 e. The molecule has 0 amide bonds. The van der Waals surface area contributed by atoms with Crippen LogP contribution in [-0.2, 0) is 13.0 Å². The number of ether oxygens (including phenoxy) is 1. The second-order valence-corrected chi connectivity index (χ2v) is 6.87. The average molecular weight is 376 g/mol. The third-order valence-corrected chi connectivity index (χ3v) is 4.72. The normalized spacial score (nSPS) is 15.8. The summed E-state index contributed by atoms with van der Waals surface area (Å²) < 4.78 is 11.6. The van der Waals surface area contributed by atoms with Crippen LogP contribution in [0.2, 0.25) is 0 Å². The van der Waals surface area contributed by atoms with Gasteiger partial charge in [-0.25, -0.2) is 4.98 Å². The zero-order valence-electron chi connectivity index (χ0n) is 16.1. The Bertz CT molecular complexity index is 938. The van der Waals surface area contributed by atoms with E-state index in [1.165, 1.54) is 11.1 Å². The maximum atomic E-state index is 5.95. The summed E-state index contributed by atoms with van der Waals surface area (Å²) in [6.07, 6.45) is 2.69. The number of aryl methyl sites for hydroxylation is 1. The van der Waals surface area contributed by atoms with Gasteiger partial charge in [-0.3, -0.25) is 4.99 Å². The minimum Gasteiger partial charge on any atom is -0.488 e. The van der Waals surface area contributed by atoms with E-state index < -0.39 is 0 Å². The molecule has 3 aromatic rings. The summed E-state index contributed by atoms with van der Waals surface area (Å²) >= 11 is 0. The van der Waals surface area contributed by atoms with Crippen LogP contribution in [0.3, 0.4) is 0 Å². The molecule has 1 aliphatic rings. The molecule has 2 N–H and O–H groups in total. The molecule has 0 saturated heterocycles. The molecule has 6 nitrogen and oxygen atoms in total. The first-order valence-corrected chi connectivity index (χ1v) is 9.42. The highest BCUT2D eigenvalue weighted by molar-refractivity contribution is 5.79. The van der Waals surface area contributed by atoms with Crippen LogP contribution in [0.1, 0.15) is 16.8 Å². The molecule has 28 heavy (non-hydrogen) atoms. The number of aromatic nitrogens is 1. The minimum absolute atomic E-state index is 0.108. The van der Waals surface area contributed by atoms with Gasteiger partial charge in [0, 0.05) is 19.0 Å². The first-order valence-electron chi connectivity index (χ1n) is 9.42.